The zero-order chi connectivity index (χ0) is 13.7. The van der Waals surface area contributed by atoms with Gasteiger partial charge in [-0.25, -0.2) is 0 Å². The Morgan fingerprint density at radius 3 is 2.68 bits per heavy atom. The first kappa shape index (κ1) is 13.9. The van der Waals surface area contributed by atoms with Gasteiger partial charge in [-0.05, 0) is 49.9 Å². The van der Waals surface area contributed by atoms with Crippen molar-refractivity contribution in [2.75, 3.05) is 13.2 Å². The first-order chi connectivity index (χ1) is 9.19. The molecule has 0 aliphatic heterocycles. The van der Waals surface area contributed by atoms with E-state index >= 15 is 0 Å². The fourth-order valence-electron chi connectivity index (χ4n) is 2.30. The highest BCUT2D eigenvalue weighted by Crippen LogP contribution is 2.27. The van der Waals surface area contributed by atoms with Crippen molar-refractivity contribution in [1.29, 1.82) is 5.26 Å². The predicted octanol–water partition coefficient (Wildman–Crippen LogP) is 2.01. The second kappa shape index (κ2) is 6.55. The molecule has 4 nitrogen and oxygen atoms in total. The van der Waals surface area contributed by atoms with Crippen LogP contribution in [-0.2, 0) is 0 Å². The maximum atomic E-state index is 9.24. The number of hydrogen-bond donors (Lipinski definition) is 2. The molecule has 1 unspecified atom stereocenters. The number of benzene rings is 1. The van der Waals surface area contributed by atoms with E-state index in [2.05, 4.69) is 12.2 Å². The molecule has 0 spiro atoms. The minimum absolute atomic E-state index is 0.0805. The molecule has 0 radical (unpaired) electrons. The van der Waals surface area contributed by atoms with Crippen molar-refractivity contribution in [3.05, 3.63) is 29.8 Å². The highest BCUT2D eigenvalue weighted by atomic mass is 16.5. The van der Waals surface area contributed by atoms with Gasteiger partial charge < -0.3 is 15.2 Å². The van der Waals surface area contributed by atoms with Gasteiger partial charge in [0.05, 0.1) is 6.10 Å². The maximum Gasteiger partial charge on any atom is 0.174 e. The normalized spacial score (nSPS) is 23.2. The molecule has 102 valence electrons. The summed E-state index contributed by atoms with van der Waals surface area (Å²) in [5.74, 6) is 1.33. The number of aliphatic hydroxyl groups is 1. The molecule has 19 heavy (non-hydrogen) atoms. The average molecular weight is 260 g/mol. The van der Waals surface area contributed by atoms with Crippen LogP contribution < -0.4 is 10.1 Å². The van der Waals surface area contributed by atoms with E-state index in [9.17, 15) is 5.11 Å². The van der Waals surface area contributed by atoms with Crippen molar-refractivity contribution in [3.63, 3.8) is 0 Å². The molecule has 1 aromatic rings. The summed E-state index contributed by atoms with van der Waals surface area (Å²) in [7, 11) is 0. The van der Waals surface area contributed by atoms with E-state index < -0.39 is 0 Å². The number of nitrogens with zero attached hydrogens (tertiary/aromatic N) is 1. The monoisotopic (exact) mass is 260 g/mol. The summed E-state index contributed by atoms with van der Waals surface area (Å²) >= 11 is 0. The Hall–Kier alpha value is -1.57. The SMILES string of the molecule is CC(NCC1CC(O)C1)c1ccc(OCC#N)cc1. The van der Waals surface area contributed by atoms with E-state index in [0.717, 1.165) is 25.1 Å². The lowest BCUT2D eigenvalue weighted by atomic mass is 9.82. The van der Waals surface area contributed by atoms with E-state index in [-0.39, 0.29) is 18.8 Å². The van der Waals surface area contributed by atoms with Gasteiger partial charge in [0.15, 0.2) is 6.61 Å². The summed E-state index contributed by atoms with van der Waals surface area (Å²) in [6.45, 7) is 3.16. The molecular weight excluding hydrogens is 240 g/mol. The minimum atomic E-state index is -0.0846. The van der Waals surface area contributed by atoms with Crippen molar-refractivity contribution in [2.45, 2.75) is 31.9 Å². The summed E-state index contributed by atoms with van der Waals surface area (Å²) in [5.41, 5.74) is 1.20. The number of hydrogen-bond acceptors (Lipinski definition) is 4. The maximum absolute atomic E-state index is 9.24. The molecule has 1 saturated carbocycles. The van der Waals surface area contributed by atoms with E-state index in [1.807, 2.05) is 30.3 Å². The average Bonchev–Trinajstić information content (AvgIpc) is 2.40. The Labute approximate surface area is 114 Å². The van der Waals surface area contributed by atoms with Crippen LogP contribution in [0.15, 0.2) is 24.3 Å². The number of nitrogens with one attached hydrogen (secondary N) is 1. The minimum Gasteiger partial charge on any atom is -0.479 e. The lowest BCUT2D eigenvalue weighted by Gasteiger charge is -2.32. The molecule has 0 amide bonds. The molecular formula is C15H20N2O2. The highest BCUT2D eigenvalue weighted by molar-refractivity contribution is 5.29. The Bertz CT molecular complexity index is 432. The Balaban J connectivity index is 1.78. The molecule has 1 fully saturated rings. The quantitative estimate of drug-likeness (QED) is 0.821. The van der Waals surface area contributed by atoms with Crippen molar-refractivity contribution < 1.29 is 9.84 Å². The van der Waals surface area contributed by atoms with Crippen LogP contribution in [-0.4, -0.2) is 24.4 Å². The summed E-state index contributed by atoms with van der Waals surface area (Å²) in [6, 6.07) is 10.0. The summed E-state index contributed by atoms with van der Waals surface area (Å²) < 4.78 is 5.22. The van der Waals surface area contributed by atoms with Crippen molar-refractivity contribution in [3.8, 4) is 11.8 Å². The van der Waals surface area contributed by atoms with E-state index in [0.29, 0.717) is 5.92 Å². The number of ether oxygens (including phenoxy) is 1. The summed E-state index contributed by atoms with van der Waals surface area (Å²) in [6.07, 6.45) is 1.75. The number of rotatable bonds is 6. The molecule has 4 heteroatoms. The molecule has 1 aliphatic carbocycles. The molecule has 0 aromatic heterocycles. The smallest absolute Gasteiger partial charge is 0.174 e. The fourth-order valence-corrected chi connectivity index (χ4v) is 2.30. The van der Waals surface area contributed by atoms with Gasteiger partial charge in [-0.15, -0.1) is 0 Å². The van der Waals surface area contributed by atoms with Gasteiger partial charge in [0.1, 0.15) is 11.8 Å². The highest BCUT2D eigenvalue weighted by Gasteiger charge is 2.26. The van der Waals surface area contributed by atoms with Crippen LogP contribution in [0.2, 0.25) is 0 Å². The molecule has 0 heterocycles. The molecule has 1 aromatic carbocycles. The zero-order valence-electron chi connectivity index (χ0n) is 11.2. The van der Waals surface area contributed by atoms with Gasteiger partial charge in [-0.3, -0.25) is 0 Å². The van der Waals surface area contributed by atoms with Gasteiger partial charge in [-0.2, -0.15) is 5.26 Å². The molecule has 1 atom stereocenters. The molecule has 0 saturated heterocycles. The topological polar surface area (TPSA) is 65.3 Å². The largest absolute Gasteiger partial charge is 0.479 e. The molecule has 0 bridgehead atoms. The lowest BCUT2D eigenvalue weighted by Crippen LogP contribution is -2.36. The molecule has 1 aliphatic rings. The Morgan fingerprint density at radius 2 is 2.11 bits per heavy atom. The fraction of sp³-hybridized carbons (Fsp3) is 0.533. The van der Waals surface area contributed by atoms with Crippen LogP contribution in [0.25, 0.3) is 0 Å². The van der Waals surface area contributed by atoms with Crippen LogP contribution in [0.3, 0.4) is 0 Å². The number of aliphatic hydroxyl groups excluding tert-OH is 1. The third-order valence-electron chi connectivity index (χ3n) is 3.61. The molecule has 2 N–H and O–H groups in total. The zero-order valence-corrected chi connectivity index (χ0v) is 11.2. The van der Waals surface area contributed by atoms with Gasteiger partial charge in [0.25, 0.3) is 0 Å². The van der Waals surface area contributed by atoms with Crippen molar-refractivity contribution >= 4 is 0 Å². The number of nitriles is 1. The summed E-state index contributed by atoms with van der Waals surface area (Å²) in [4.78, 5) is 0. The van der Waals surface area contributed by atoms with E-state index in [1.54, 1.807) is 0 Å². The van der Waals surface area contributed by atoms with Crippen LogP contribution in [0.5, 0.6) is 5.75 Å². The van der Waals surface area contributed by atoms with Crippen LogP contribution in [0.4, 0.5) is 0 Å². The first-order valence-electron chi connectivity index (χ1n) is 6.70. The van der Waals surface area contributed by atoms with E-state index in [4.69, 9.17) is 10.00 Å². The Morgan fingerprint density at radius 1 is 1.42 bits per heavy atom. The molecule has 2 rings (SSSR count). The Kier molecular flexibility index (Phi) is 4.78. The van der Waals surface area contributed by atoms with Gasteiger partial charge in [0.2, 0.25) is 0 Å². The van der Waals surface area contributed by atoms with Gasteiger partial charge >= 0.3 is 0 Å². The van der Waals surface area contributed by atoms with Gasteiger partial charge in [0, 0.05) is 6.04 Å². The second-order valence-electron chi connectivity index (χ2n) is 5.14. The first-order valence-corrected chi connectivity index (χ1v) is 6.70. The van der Waals surface area contributed by atoms with Gasteiger partial charge in [-0.1, -0.05) is 12.1 Å². The van der Waals surface area contributed by atoms with E-state index in [1.165, 1.54) is 5.56 Å². The van der Waals surface area contributed by atoms with Crippen LogP contribution in [0, 0.1) is 17.2 Å². The predicted molar refractivity (Wildman–Crippen MR) is 72.7 cm³/mol. The van der Waals surface area contributed by atoms with Crippen LogP contribution >= 0.6 is 0 Å². The van der Waals surface area contributed by atoms with Crippen LogP contribution in [0.1, 0.15) is 31.4 Å². The third-order valence-corrected chi connectivity index (χ3v) is 3.61. The summed E-state index contributed by atoms with van der Waals surface area (Å²) in [5, 5.41) is 21.2. The second-order valence-corrected chi connectivity index (χ2v) is 5.14. The lowest BCUT2D eigenvalue weighted by molar-refractivity contribution is 0.0420. The van der Waals surface area contributed by atoms with Crippen molar-refractivity contribution in [1.82, 2.24) is 5.32 Å². The third kappa shape index (κ3) is 3.95. The standard InChI is InChI=1S/C15H20N2O2/c1-11(17-10-12-8-14(18)9-12)13-2-4-15(5-3-13)19-7-6-16/h2-5,11-12,14,17-18H,7-10H2,1H3. The van der Waals surface area contributed by atoms with Crippen molar-refractivity contribution in [2.24, 2.45) is 5.92 Å².